The van der Waals surface area contributed by atoms with E-state index in [0.29, 0.717) is 13.2 Å². The molecule has 0 bridgehead atoms. The van der Waals surface area contributed by atoms with E-state index in [9.17, 15) is 0 Å². The van der Waals surface area contributed by atoms with Gasteiger partial charge in [0.15, 0.2) is 6.23 Å². The van der Waals surface area contributed by atoms with Crippen molar-refractivity contribution in [3.63, 3.8) is 0 Å². The maximum atomic E-state index is 5.90. The van der Waals surface area contributed by atoms with E-state index < -0.39 is 0 Å². The molecule has 0 amide bonds. The van der Waals surface area contributed by atoms with Crippen LogP contribution < -0.4 is 4.90 Å². The molecule has 1 aliphatic rings. The van der Waals surface area contributed by atoms with E-state index in [4.69, 9.17) is 4.74 Å². The summed E-state index contributed by atoms with van der Waals surface area (Å²) in [6.45, 7) is 4.37. The highest BCUT2D eigenvalue weighted by Crippen LogP contribution is 2.30. The Kier molecular flexibility index (Phi) is 4.01. The Morgan fingerprint density at radius 2 is 2.00 bits per heavy atom. The molecule has 0 saturated carbocycles. The number of hydrogen-bond donors (Lipinski definition) is 0. The zero-order chi connectivity index (χ0) is 16.4. The number of para-hydroxylation sites is 1. The molecule has 0 N–H and O–H groups in total. The Hall–Kier alpha value is -2.66. The van der Waals surface area contributed by atoms with Crippen LogP contribution in [-0.2, 0) is 11.3 Å². The number of ether oxygens (including phenoxy) is 1. The van der Waals surface area contributed by atoms with Crippen LogP contribution in [0.1, 0.15) is 23.0 Å². The maximum absolute atomic E-state index is 5.90. The Bertz CT molecular complexity index is 815. The van der Waals surface area contributed by atoms with Gasteiger partial charge in [0.2, 0.25) is 0 Å². The Balaban J connectivity index is 1.54. The minimum atomic E-state index is -0.168. The molecule has 122 valence electrons. The molecule has 5 nitrogen and oxygen atoms in total. The molecule has 0 aliphatic carbocycles. The fraction of sp³-hybridized carbons (Fsp3) is 0.263. The van der Waals surface area contributed by atoms with Crippen molar-refractivity contribution in [2.24, 2.45) is 0 Å². The van der Waals surface area contributed by atoms with Gasteiger partial charge in [-0.15, -0.1) is 5.10 Å². The number of aromatic nitrogens is 3. The lowest BCUT2D eigenvalue weighted by atomic mass is 10.1. The minimum Gasteiger partial charge on any atom is -0.350 e. The van der Waals surface area contributed by atoms with Gasteiger partial charge in [0.1, 0.15) is 5.69 Å². The third-order valence-corrected chi connectivity index (χ3v) is 4.22. The van der Waals surface area contributed by atoms with E-state index >= 15 is 0 Å². The Morgan fingerprint density at radius 1 is 1.12 bits per heavy atom. The minimum absolute atomic E-state index is 0.168. The van der Waals surface area contributed by atoms with Crippen molar-refractivity contribution in [3.05, 3.63) is 77.6 Å². The van der Waals surface area contributed by atoms with Gasteiger partial charge in [-0.3, -0.25) is 0 Å². The molecule has 0 spiro atoms. The van der Waals surface area contributed by atoms with Gasteiger partial charge in [0.05, 0.1) is 19.3 Å². The molecule has 1 unspecified atom stereocenters. The SMILES string of the molecule is Cc1cccc(Cn2cc(C3OCCN3c3ccccc3)nn2)c1. The molecule has 2 aromatic carbocycles. The van der Waals surface area contributed by atoms with Crippen molar-refractivity contribution < 1.29 is 4.74 Å². The fourth-order valence-corrected chi connectivity index (χ4v) is 3.10. The third-order valence-electron chi connectivity index (χ3n) is 4.22. The lowest BCUT2D eigenvalue weighted by Crippen LogP contribution is -2.23. The summed E-state index contributed by atoms with van der Waals surface area (Å²) in [6, 6.07) is 18.7. The third kappa shape index (κ3) is 3.03. The molecule has 24 heavy (non-hydrogen) atoms. The first-order chi connectivity index (χ1) is 11.8. The number of hydrogen-bond acceptors (Lipinski definition) is 4. The van der Waals surface area contributed by atoms with Crippen LogP contribution in [0, 0.1) is 6.92 Å². The topological polar surface area (TPSA) is 43.2 Å². The molecule has 5 heteroatoms. The zero-order valence-corrected chi connectivity index (χ0v) is 13.7. The molecular weight excluding hydrogens is 300 g/mol. The zero-order valence-electron chi connectivity index (χ0n) is 13.7. The second-order valence-electron chi connectivity index (χ2n) is 6.08. The summed E-state index contributed by atoms with van der Waals surface area (Å²) < 4.78 is 7.77. The molecule has 3 aromatic rings. The lowest BCUT2D eigenvalue weighted by molar-refractivity contribution is 0.110. The normalized spacial score (nSPS) is 17.4. The summed E-state index contributed by atoms with van der Waals surface area (Å²) >= 11 is 0. The number of anilines is 1. The first-order valence-corrected chi connectivity index (χ1v) is 8.18. The van der Waals surface area contributed by atoms with Crippen LogP contribution in [0.25, 0.3) is 0 Å². The summed E-state index contributed by atoms with van der Waals surface area (Å²) in [5.41, 5.74) is 4.47. The van der Waals surface area contributed by atoms with Crippen molar-refractivity contribution in [2.75, 3.05) is 18.1 Å². The van der Waals surface area contributed by atoms with Crippen molar-refractivity contribution in [3.8, 4) is 0 Å². The summed E-state index contributed by atoms with van der Waals surface area (Å²) in [6.07, 6.45) is 1.81. The first kappa shape index (κ1) is 14.9. The monoisotopic (exact) mass is 320 g/mol. The molecule has 1 fully saturated rings. The van der Waals surface area contributed by atoms with E-state index in [2.05, 4.69) is 58.5 Å². The van der Waals surface area contributed by atoms with Crippen LogP contribution in [0.5, 0.6) is 0 Å². The van der Waals surface area contributed by atoms with Crippen LogP contribution in [0.2, 0.25) is 0 Å². The number of benzene rings is 2. The molecule has 1 aliphatic heterocycles. The van der Waals surface area contributed by atoms with E-state index in [1.165, 1.54) is 11.1 Å². The quantitative estimate of drug-likeness (QED) is 0.740. The van der Waals surface area contributed by atoms with E-state index in [0.717, 1.165) is 17.9 Å². The van der Waals surface area contributed by atoms with Crippen LogP contribution in [0.15, 0.2) is 60.8 Å². The molecule has 1 aromatic heterocycles. The van der Waals surface area contributed by atoms with Crippen molar-refractivity contribution >= 4 is 5.69 Å². The van der Waals surface area contributed by atoms with E-state index in [-0.39, 0.29) is 6.23 Å². The van der Waals surface area contributed by atoms with Crippen LogP contribution in [-0.4, -0.2) is 28.1 Å². The number of aryl methyl sites for hydroxylation is 1. The van der Waals surface area contributed by atoms with E-state index in [1.54, 1.807) is 0 Å². The predicted molar refractivity (Wildman–Crippen MR) is 92.8 cm³/mol. The van der Waals surface area contributed by atoms with Gasteiger partial charge in [-0.2, -0.15) is 0 Å². The summed E-state index contributed by atoms with van der Waals surface area (Å²) in [4.78, 5) is 2.22. The van der Waals surface area contributed by atoms with Crippen molar-refractivity contribution in [2.45, 2.75) is 19.7 Å². The first-order valence-electron chi connectivity index (χ1n) is 8.18. The van der Waals surface area contributed by atoms with Gasteiger partial charge in [-0.1, -0.05) is 53.2 Å². The molecule has 2 heterocycles. The van der Waals surface area contributed by atoms with Crippen molar-refractivity contribution in [1.82, 2.24) is 15.0 Å². The summed E-state index contributed by atoms with van der Waals surface area (Å²) in [5.74, 6) is 0. The van der Waals surface area contributed by atoms with Crippen LogP contribution >= 0.6 is 0 Å². The standard InChI is InChI=1S/C19H20N4O/c1-15-6-5-7-16(12-15)13-22-14-18(20-21-22)19-23(10-11-24-19)17-8-3-2-4-9-17/h2-9,12,14,19H,10-11,13H2,1H3. The highest BCUT2D eigenvalue weighted by molar-refractivity contribution is 5.48. The molecule has 1 atom stereocenters. The smallest absolute Gasteiger partial charge is 0.177 e. The number of rotatable bonds is 4. The second-order valence-corrected chi connectivity index (χ2v) is 6.08. The van der Waals surface area contributed by atoms with Gasteiger partial charge >= 0.3 is 0 Å². The van der Waals surface area contributed by atoms with E-state index in [1.807, 2.05) is 29.1 Å². The fourth-order valence-electron chi connectivity index (χ4n) is 3.10. The molecular formula is C19H20N4O. The maximum Gasteiger partial charge on any atom is 0.177 e. The Morgan fingerprint density at radius 3 is 2.83 bits per heavy atom. The van der Waals surface area contributed by atoms with Gasteiger partial charge in [0, 0.05) is 12.2 Å². The summed E-state index contributed by atoms with van der Waals surface area (Å²) in [7, 11) is 0. The van der Waals surface area contributed by atoms with Crippen molar-refractivity contribution in [1.29, 1.82) is 0 Å². The van der Waals surface area contributed by atoms with Crippen LogP contribution in [0.3, 0.4) is 0 Å². The Labute approximate surface area is 141 Å². The van der Waals surface area contributed by atoms with Gasteiger partial charge in [0.25, 0.3) is 0 Å². The lowest BCUT2D eigenvalue weighted by Gasteiger charge is -2.23. The average molecular weight is 320 g/mol. The van der Waals surface area contributed by atoms with Gasteiger partial charge in [-0.05, 0) is 24.6 Å². The second kappa shape index (κ2) is 6.45. The highest BCUT2D eigenvalue weighted by Gasteiger charge is 2.29. The average Bonchev–Trinajstić information content (AvgIpc) is 3.24. The van der Waals surface area contributed by atoms with Crippen LogP contribution in [0.4, 0.5) is 5.69 Å². The number of nitrogens with zero attached hydrogens (tertiary/aromatic N) is 4. The summed E-state index contributed by atoms with van der Waals surface area (Å²) in [5, 5.41) is 8.61. The molecule has 0 radical (unpaired) electrons. The highest BCUT2D eigenvalue weighted by atomic mass is 16.5. The predicted octanol–water partition coefficient (Wildman–Crippen LogP) is 3.17. The van der Waals surface area contributed by atoms with Gasteiger partial charge in [-0.25, -0.2) is 4.68 Å². The molecule has 1 saturated heterocycles. The molecule has 4 rings (SSSR count). The largest absolute Gasteiger partial charge is 0.350 e. The van der Waals surface area contributed by atoms with Gasteiger partial charge < -0.3 is 9.64 Å².